The molecule has 1 aliphatic heterocycles. The van der Waals surface area contributed by atoms with Gasteiger partial charge in [0.1, 0.15) is 23.7 Å². The minimum atomic E-state index is 0.388. The van der Waals surface area contributed by atoms with Gasteiger partial charge in [0.2, 0.25) is 0 Å². The second-order valence-electron chi connectivity index (χ2n) is 8.78. The largest absolute Gasteiger partial charge is 0.497 e. The van der Waals surface area contributed by atoms with E-state index in [2.05, 4.69) is 41.9 Å². The van der Waals surface area contributed by atoms with E-state index in [0.717, 1.165) is 72.6 Å². The Morgan fingerprint density at radius 1 is 1.20 bits per heavy atom. The second kappa shape index (κ2) is 10.9. The van der Waals surface area contributed by atoms with Crippen molar-refractivity contribution in [2.75, 3.05) is 47.0 Å². The lowest BCUT2D eigenvalue weighted by Crippen LogP contribution is -2.43. The number of nitrogens with zero attached hydrogens (tertiary/aromatic N) is 1. The van der Waals surface area contributed by atoms with E-state index in [1.165, 1.54) is 0 Å². The summed E-state index contributed by atoms with van der Waals surface area (Å²) in [5, 5.41) is 13.1. The molecule has 2 aliphatic rings. The molecule has 2 N–H and O–H groups in total. The Hall–Kier alpha value is -3.45. The normalized spacial score (nSPS) is 16.7. The van der Waals surface area contributed by atoms with Gasteiger partial charge in [-0.05, 0) is 37.5 Å². The number of aryl methyl sites for hydroxylation is 1. The van der Waals surface area contributed by atoms with Crippen LogP contribution in [0.25, 0.3) is 16.5 Å². The summed E-state index contributed by atoms with van der Waals surface area (Å²) in [6.45, 7) is 12.0. The quantitative estimate of drug-likeness (QED) is 0.575. The average Bonchev–Trinajstić information content (AvgIpc) is 3.06. The Bertz CT molecular complexity index is 1270. The number of rotatable bonds is 8. The Balaban J connectivity index is 1.66. The molecule has 0 atom stereocenters. The van der Waals surface area contributed by atoms with E-state index in [1.807, 2.05) is 13.0 Å². The SMILES string of the molecule is C=C1CN(CCOc2cc3oc(C4=CCC=C(OC)C(CC)=C4)cc(=N)c3c(C)c2OC)CCN1. The molecule has 35 heavy (non-hydrogen) atoms. The molecule has 0 amide bonds. The van der Waals surface area contributed by atoms with Gasteiger partial charge in [-0.2, -0.15) is 0 Å². The van der Waals surface area contributed by atoms with Crippen molar-refractivity contribution in [3.05, 3.63) is 70.6 Å². The topological polar surface area (TPSA) is 80.0 Å². The summed E-state index contributed by atoms with van der Waals surface area (Å²) in [5.74, 6) is 2.79. The van der Waals surface area contributed by atoms with E-state index in [1.54, 1.807) is 20.3 Å². The highest BCUT2D eigenvalue weighted by Crippen LogP contribution is 2.37. The van der Waals surface area contributed by atoms with Crippen molar-refractivity contribution in [2.24, 2.45) is 0 Å². The van der Waals surface area contributed by atoms with Crippen LogP contribution in [0, 0.1) is 12.3 Å². The number of allylic oxidation sites excluding steroid dienone is 5. The van der Waals surface area contributed by atoms with Crippen LogP contribution in [-0.2, 0) is 4.74 Å². The maximum Gasteiger partial charge on any atom is 0.165 e. The van der Waals surface area contributed by atoms with E-state index >= 15 is 0 Å². The first-order valence-electron chi connectivity index (χ1n) is 12.1. The summed E-state index contributed by atoms with van der Waals surface area (Å²) in [7, 11) is 3.32. The first kappa shape index (κ1) is 24.7. The lowest BCUT2D eigenvalue weighted by molar-refractivity contribution is 0.202. The van der Waals surface area contributed by atoms with Gasteiger partial charge in [0, 0.05) is 60.5 Å². The fourth-order valence-electron chi connectivity index (χ4n) is 4.68. The number of fused-ring (bicyclic) bond motifs is 1. The van der Waals surface area contributed by atoms with Crippen molar-refractivity contribution in [1.82, 2.24) is 10.2 Å². The van der Waals surface area contributed by atoms with Crippen molar-refractivity contribution < 1.29 is 18.6 Å². The van der Waals surface area contributed by atoms with Gasteiger partial charge < -0.3 is 23.9 Å². The number of hydrogen-bond acceptors (Lipinski definition) is 7. The molecule has 0 unspecified atom stereocenters. The molecular formula is C28H35N3O4. The van der Waals surface area contributed by atoms with Crippen LogP contribution in [0.4, 0.5) is 0 Å². The van der Waals surface area contributed by atoms with Gasteiger partial charge >= 0.3 is 0 Å². The molecule has 0 bridgehead atoms. The number of nitrogens with one attached hydrogen (secondary N) is 2. The maximum atomic E-state index is 8.76. The Morgan fingerprint density at radius 3 is 2.74 bits per heavy atom. The first-order valence-corrected chi connectivity index (χ1v) is 12.1. The van der Waals surface area contributed by atoms with Crippen molar-refractivity contribution in [1.29, 1.82) is 5.41 Å². The highest BCUT2D eigenvalue weighted by atomic mass is 16.5. The summed E-state index contributed by atoms with van der Waals surface area (Å²) < 4.78 is 23.8. The standard InChI is InChI=1S/C28H35N3O4/c1-6-20-14-21(8-7-9-23(20)32-4)24-15-22(29)27-19(3)28(33-5)26(16-25(27)35-24)34-13-12-31-11-10-30-18(2)17-31/h8-9,14-16,29-30H,2,6-7,10-13,17H2,1,3-5H3. The number of piperazine rings is 1. The molecule has 1 aromatic carbocycles. The molecule has 2 aromatic rings. The van der Waals surface area contributed by atoms with Gasteiger partial charge in [0.25, 0.3) is 0 Å². The fraction of sp³-hybridized carbons (Fsp3) is 0.393. The predicted molar refractivity (Wildman–Crippen MR) is 138 cm³/mol. The third-order valence-corrected chi connectivity index (χ3v) is 6.47. The number of benzene rings is 1. The minimum absolute atomic E-state index is 0.388. The van der Waals surface area contributed by atoms with Crippen LogP contribution in [0.15, 0.2) is 58.4 Å². The maximum absolute atomic E-state index is 8.76. The van der Waals surface area contributed by atoms with Gasteiger partial charge in [0.15, 0.2) is 11.5 Å². The lowest BCUT2D eigenvalue weighted by Gasteiger charge is -2.29. The van der Waals surface area contributed by atoms with Crippen LogP contribution in [0.3, 0.4) is 0 Å². The zero-order valence-corrected chi connectivity index (χ0v) is 21.1. The van der Waals surface area contributed by atoms with E-state index in [0.29, 0.717) is 34.8 Å². The van der Waals surface area contributed by atoms with Crippen LogP contribution in [-0.4, -0.2) is 51.9 Å². The molecule has 1 aliphatic carbocycles. The summed E-state index contributed by atoms with van der Waals surface area (Å²) in [6.07, 6.45) is 7.82. The summed E-state index contributed by atoms with van der Waals surface area (Å²) in [6, 6.07) is 3.62. The highest BCUT2D eigenvalue weighted by Gasteiger charge is 2.19. The van der Waals surface area contributed by atoms with Gasteiger partial charge in [-0.3, -0.25) is 10.3 Å². The van der Waals surface area contributed by atoms with Gasteiger partial charge in [-0.15, -0.1) is 0 Å². The molecule has 2 heterocycles. The van der Waals surface area contributed by atoms with Crippen molar-refractivity contribution in [3.8, 4) is 11.5 Å². The third-order valence-electron chi connectivity index (χ3n) is 6.47. The molecule has 1 fully saturated rings. The van der Waals surface area contributed by atoms with Crippen molar-refractivity contribution in [3.63, 3.8) is 0 Å². The van der Waals surface area contributed by atoms with Gasteiger partial charge in [-0.1, -0.05) is 19.6 Å². The molecule has 0 saturated carbocycles. The van der Waals surface area contributed by atoms with Gasteiger partial charge in [-0.25, -0.2) is 0 Å². The first-order chi connectivity index (χ1) is 16.9. The Kier molecular flexibility index (Phi) is 7.66. The zero-order valence-electron chi connectivity index (χ0n) is 21.1. The molecule has 0 radical (unpaired) electrons. The smallest absolute Gasteiger partial charge is 0.165 e. The van der Waals surface area contributed by atoms with Crippen LogP contribution in [0.2, 0.25) is 0 Å². The molecule has 7 nitrogen and oxygen atoms in total. The average molecular weight is 478 g/mol. The van der Waals surface area contributed by atoms with Crippen molar-refractivity contribution in [2.45, 2.75) is 26.7 Å². The van der Waals surface area contributed by atoms with Crippen LogP contribution in [0.5, 0.6) is 11.5 Å². The Morgan fingerprint density at radius 2 is 2.03 bits per heavy atom. The van der Waals surface area contributed by atoms with Crippen LogP contribution in [0.1, 0.15) is 31.1 Å². The molecule has 0 spiro atoms. The van der Waals surface area contributed by atoms with Crippen LogP contribution >= 0.6 is 0 Å². The minimum Gasteiger partial charge on any atom is -0.497 e. The molecular weight excluding hydrogens is 442 g/mol. The highest BCUT2D eigenvalue weighted by molar-refractivity contribution is 5.86. The molecule has 1 aromatic heterocycles. The van der Waals surface area contributed by atoms with E-state index in [-0.39, 0.29) is 0 Å². The molecule has 1 saturated heterocycles. The number of hydrogen-bond donors (Lipinski definition) is 2. The van der Waals surface area contributed by atoms with Crippen molar-refractivity contribution >= 4 is 16.5 Å². The predicted octanol–water partition coefficient (Wildman–Crippen LogP) is 4.68. The number of methoxy groups -OCH3 is 2. The summed E-state index contributed by atoms with van der Waals surface area (Å²) in [5.41, 5.74) is 4.51. The molecule has 7 heteroatoms. The summed E-state index contributed by atoms with van der Waals surface area (Å²) >= 11 is 0. The summed E-state index contributed by atoms with van der Waals surface area (Å²) in [4.78, 5) is 2.31. The van der Waals surface area contributed by atoms with Gasteiger partial charge in [0.05, 0.1) is 19.6 Å². The fourth-order valence-corrected chi connectivity index (χ4v) is 4.68. The van der Waals surface area contributed by atoms with E-state index < -0.39 is 0 Å². The molecule has 4 rings (SSSR count). The molecule has 186 valence electrons. The second-order valence-corrected chi connectivity index (χ2v) is 8.78. The number of ether oxygens (including phenoxy) is 3. The third kappa shape index (κ3) is 5.30. The monoisotopic (exact) mass is 477 g/mol. The lowest BCUT2D eigenvalue weighted by atomic mass is 10.0. The van der Waals surface area contributed by atoms with E-state index in [9.17, 15) is 0 Å². The Labute approximate surface area is 206 Å². The van der Waals surface area contributed by atoms with E-state index in [4.69, 9.17) is 24.0 Å². The zero-order chi connectivity index (χ0) is 24.9. The van der Waals surface area contributed by atoms with Crippen LogP contribution < -0.4 is 20.1 Å².